The Bertz CT molecular complexity index is 486. The normalized spacial score (nSPS) is 22.6. The number of nitrogens with zero attached hydrogens (tertiary/aromatic N) is 1. The Morgan fingerprint density at radius 1 is 1.25 bits per heavy atom. The standard InChI is InChI=1S/C15H18BrNO3/c16-9-11-5-7-17(8-6-11)15(18)14-10-19-12-3-1-2-4-13(12)20-14/h1-4,11,14H,5-10H2. The molecule has 1 fully saturated rings. The summed E-state index contributed by atoms with van der Waals surface area (Å²) in [6, 6.07) is 7.48. The minimum atomic E-state index is -0.509. The van der Waals surface area contributed by atoms with Crippen molar-refractivity contribution in [2.75, 3.05) is 25.0 Å². The van der Waals surface area contributed by atoms with Crippen molar-refractivity contribution in [2.45, 2.75) is 18.9 Å². The number of benzene rings is 1. The summed E-state index contributed by atoms with van der Waals surface area (Å²) in [6.07, 6.45) is 1.60. The number of carbonyl (C=O) groups is 1. The number of halogens is 1. The fourth-order valence-corrected chi connectivity index (χ4v) is 3.30. The van der Waals surface area contributed by atoms with Crippen LogP contribution in [-0.4, -0.2) is 41.9 Å². The molecule has 4 nitrogen and oxygen atoms in total. The van der Waals surface area contributed by atoms with Crippen LogP contribution in [0, 0.1) is 5.92 Å². The molecule has 3 rings (SSSR count). The maximum atomic E-state index is 12.5. The van der Waals surface area contributed by atoms with Gasteiger partial charge in [-0.25, -0.2) is 0 Å². The van der Waals surface area contributed by atoms with Gasteiger partial charge in [-0.2, -0.15) is 0 Å². The predicted octanol–water partition coefficient (Wildman–Crippen LogP) is 2.46. The first-order valence-corrected chi connectivity index (χ1v) is 8.13. The summed E-state index contributed by atoms with van der Waals surface area (Å²) in [6.45, 7) is 1.93. The highest BCUT2D eigenvalue weighted by Gasteiger charge is 2.32. The molecule has 0 saturated carbocycles. The summed E-state index contributed by atoms with van der Waals surface area (Å²) in [5.41, 5.74) is 0. The molecule has 0 aliphatic carbocycles. The van der Waals surface area contributed by atoms with Crippen molar-refractivity contribution in [3.63, 3.8) is 0 Å². The van der Waals surface area contributed by atoms with E-state index in [2.05, 4.69) is 15.9 Å². The number of carbonyl (C=O) groups excluding carboxylic acids is 1. The lowest BCUT2D eigenvalue weighted by atomic mass is 9.99. The molecule has 1 aromatic carbocycles. The summed E-state index contributed by atoms with van der Waals surface area (Å²) >= 11 is 3.51. The number of alkyl halides is 1. The lowest BCUT2D eigenvalue weighted by Gasteiger charge is -2.35. The number of fused-ring (bicyclic) bond motifs is 1. The summed E-state index contributed by atoms with van der Waals surface area (Å²) in [5.74, 6) is 2.11. The number of rotatable bonds is 2. The number of hydrogen-bond donors (Lipinski definition) is 0. The van der Waals surface area contributed by atoms with Crippen LogP contribution < -0.4 is 9.47 Å². The van der Waals surface area contributed by atoms with E-state index in [4.69, 9.17) is 9.47 Å². The summed E-state index contributed by atoms with van der Waals surface area (Å²) in [5, 5.41) is 1.02. The van der Waals surface area contributed by atoms with E-state index in [-0.39, 0.29) is 5.91 Å². The third-order valence-electron chi connectivity index (χ3n) is 3.93. The molecule has 1 aromatic rings. The molecule has 0 bridgehead atoms. The minimum Gasteiger partial charge on any atom is -0.485 e. The fraction of sp³-hybridized carbons (Fsp3) is 0.533. The van der Waals surface area contributed by atoms with Crippen LogP contribution in [0.1, 0.15) is 12.8 Å². The highest BCUT2D eigenvalue weighted by Crippen LogP contribution is 2.31. The van der Waals surface area contributed by atoms with Crippen molar-refractivity contribution in [3.8, 4) is 11.5 Å². The van der Waals surface area contributed by atoms with E-state index in [9.17, 15) is 4.79 Å². The molecular weight excluding hydrogens is 322 g/mol. The lowest BCUT2D eigenvalue weighted by molar-refractivity contribution is -0.142. The monoisotopic (exact) mass is 339 g/mol. The van der Waals surface area contributed by atoms with E-state index in [0.29, 0.717) is 18.3 Å². The molecule has 108 valence electrons. The largest absolute Gasteiger partial charge is 0.485 e. The van der Waals surface area contributed by atoms with Crippen molar-refractivity contribution in [1.82, 2.24) is 4.90 Å². The number of para-hydroxylation sites is 2. The zero-order valence-corrected chi connectivity index (χ0v) is 12.8. The molecule has 0 aromatic heterocycles. The van der Waals surface area contributed by atoms with Gasteiger partial charge in [0.1, 0.15) is 6.61 Å². The molecule has 5 heteroatoms. The van der Waals surface area contributed by atoms with E-state index in [1.165, 1.54) is 0 Å². The first-order valence-electron chi connectivity index (χ1n) is 7.01. The maximum absolute atomic E-state index is 12.5. The number of ether oxygens (including phenoxy) is 2. The third-order valence-corrected chi connectivity index (χ3v) is 4.84. The highest BCUT2D eigenvalue weighted by atomic mass is 79.9. The van der Waals surface area contributed by atoms with Crippen molar-refractivity contribution >= 4 is 21.8 Å². The van der Waals surface area contributed by atoms with Gasteiger partial charge in [0.25, 0.3) is 5.91 Å². The molecule has 1 saturated heterocycles. The van der Waals surface area contributed by atoms with Gasteiger partial charge in [0.2, 0.25) is 6.10 Å². The number of hydrogen-bond acceptors (Lipinski definition) is 3. The smallest absolute Gasteiger partial charge is 0.267 e. The van der Waals surface area contributed by atoms with Crippen LogP contribution in [0.5, 0.6) is 11.5 Å². The SMILES string of the molecule is O=C(C1COc2ccccc2O1)N1CCC(CBr)CC1. The van der Waals surface area contributed by atoms with Crippen molar-refractivity contribution in [1.29, 1.82) is 0 Å². The molecule has 1 atom stereocenters. The summed E-state index contributed by atoms with van der Waals surface area (Å²) in [7, 11) is 0. The van der Waals surface area contributed by atoms with Crippen LogP contribution in [-0.2, 0) is 4.79 Å². The van der Waals surface area contributed by atoms with Gasteiger partial charge >= 0.3 is 0 Å². The number of amides is 1. The van der Waals surface area contributed by atoms with Gasteiger partial charge in [0.05, 0.1) is 0 Å². The van der Waals surface area contributed by atoms with Gasteiger partial charge in [-0.3, -0.25) is 4.79 Å². The number of piperidine rings is 1. The first kappa shape index (κ1) is 13.7. The van der Waals surface area contributed by atoms with Crippen LogP contribution in [0.25, 0.3) is 0 Å². The molecule has 2 heterocycles. The molecular formula is C15H18BrNO3. The summed E-state index contributed by atoms with van der Waals surface area (Å²) < 4.78 is 11.4. The molecule has 1 unspecified atom stereocenters. The van der Waals surface area contributed by atoms with Gasteiger partial charge in [-0.15, -0.1) is 0 Å². The second-order valence-corrected chi connectivity index (χ2v) is 5.93. The van der Waals surface area contributed by atoms with Crippen LogP contribution in [0.3, 0.4) is 0 Å². The zero-order valence-electron chi connectivity index (χ0n) is 11.3. The van der Waals surface area contributed by atoms with E-state index in [1.807, 2.05) is 29.2 Å². The second kappa shape index (κ2) is 6.04. The predicted molar refractivity (Wildman–Crippen MR) is 79.5 cm³/mol. The Kier molecular flexibility index (Phi) is 4.15. The minimum absolute atomic E-state index is 0.0486. The molecule has 0 radical (unpaired) electrons. The Morgan fingerprint density at radius 3 is 2.65 bits per heavy atom. The Balaban J connectivity index is 1.62. The first-order chi connectivity index (χ1) is 9.78. The van der Waals surface area contributed by atoms with Gasteiger partial charge < -0.3 is 14.4 Å². The molecule has 0 spiro atoms. The van der Waals surface area contributed by atoms with Crippen LogP contribution in [0.4, 0.5) is 0 Å². The van der Waals surface area contributed by atoms with Gasteiger partial charge in [-0.05, 0) is 30.9 Å². The third kappa shape index (κ3) is 2.77. The van der Waals surface area contributed by atoms with Crippen LogP contribution in [0.15, 0.2) is 24.3 Å². The van der Waals surface area contributed by atoms with E-state index >= 15 is 0 Å². The Morgan fingerprint density at radius 2 is 1.95 bits per heavy atom. The maximum Gasteiger partial charge on any atom is 0.267 e. The molecule has 0 N–H and O–H groups in total. The lowest BCUT2D eigenvalue weighted by Crippen LogP contribution is -2.49. The average Bonchev–Trinajstić information content (AvgIpc) is 2.54. The fourth-order valence-electron chi connectivity index (χ4n) is 2.65. The zero-order chi connectivity index (χ0) is 13.9. The highest BCUT2D eigenvalue weighted by molar-refractivity contribution is 9.09. The van der Waals surface area contributed by atoms with Gasteiger partial charge in [-0.1, -0.05) is 28.1 Å². The van der Waals surface area contributed by atoms with Crippen LogP contribution >= 0.6 is 15.9 Å². The number of likely N-dealkylation sites (tertiary alicyclic amines) is 1. The second-order valence-electron chi connectivity index (χ2n) is 5.29. The molecule has 2 aliphatic heterocycles. The van der Waals surface area contributed by atoms with Gasteiger partial charge in [0.15, 0.2) is 11.5 Å². The topological polar surface area (TPSA) is 38.8 Å². The Labute approximate surface area is 127 Å². The molecule has 20 heavy (non-hydrogen) atoms. The van der Waals surface area contributed by atoms with Crippen LogP contribution in [0.2, 0.25) is 0 Å². The van der Waals surface area contributed by atoms with Crippen molar-refractivity contribution in [2.24, 2.45) is 5.92 Å². The van der Waals surface area contributed by atoms with Crippen molar-refractivity contribution in [3.05, 3.63) is 24.3 Å². The summed E-state index contributed by atoms with van der Waals surface area (Å²) in [4.78, 5) is 14.4. The molecule has 1 amide bonds. The van der Waals surface area contributed by atoms with E-state index in [0.717, 1.165) is 37.0 Å². The Hall–Kier alpha value is -1.23. The van der Waals surface area contributed by atoms with Crippen molar-refractivity contribution < 1.29 is 14.3 Å². The van der Waals surface area contributed by atoms with E-state index < -0.39 is 6.10 Å². The van der Waals surface area contributed by atoms with Gasteiger partial charge in [0, 0.05) is 18.4 Å². The average molecular weight is 340 g/mol. The quantitative estimate of drug-likeness (QED) is 0.777. The van der Waals surface area contributed by atoms with E-state index in [1.54, 1.807) is 0 Å². The molecule has 2 aliphatic rings.